The number of para-hydroxylation sites is 3. The molecule has 1 N–H and O–H groups in total. The van der Waals surface area contributed by atoms with Gasteiger partial charge in [-0.1, -0.05) is 30.3 Å². The van der Waals surface area contributed by atoms with Gasteiger partial charge in [0.2, 0.25) is 5.91 Å². The van der Waals surface area contributed by atoms with Gasteiger partial charge in [-0.3, -0.25) is 4.79 Å². The van der Waals surface area contributed by atoms with Gasteiger partial charge in [0.15, 0.2) is 0 Å². The van der Waals surface area contributed by atoms with Crippen LogP contribution in [0.2, 0.25) is 0 Å². The van der Waals surface area contributed by atoms with E-state index in [0.29, 0.717) is 0 Å². The fraction of sp³-hybridized carbons (Fsp3) is 0.133. The highest BCUT2D eigenvalue weighted by Gasteiger charge is 2.10. The standard InChI is InChI=1S/C15H15ClN2O/c1-18(12-7-3-2-4-8-12)14-10-6-5-9-13(14)17-15(19)11-16/h2-10H,11H2,1H3,(H,17,19). The first kappa shape index (κ1) is 13.4. The van der Waals surface area contributed by atoms with Gasteiger partial charge in [0.05, 0.1) is 11.4 Å². The van der Waals surface area contributed by atoms with Crippen LogP contribution >= 0.6 is 11.6 Å². The highest BCUT2D eigenvalue weighted by molar-refractivity contribution is 6.29. The Labute approximate surface area is 117 Å². The number of nitrogens with one attached hydrogen (secondary N) is 1. The first-order chi connectivity index (χ1) is 9.22. The molecule has 0 unspecified atom stereocenters. The molecular formula is C15H15ClN2O. The molecule has 0 saturated carbocycles. The van der Waals surface area contributed by atoms with Crippen molar-refractivity contribution in [1.29, 1.82) is 0 Å². The topological polar surface area (TPSA) is 32.3 Å². The van der Waals surface area contributed by atoms with E-state index in [9.17, 15) is 4.79 Å². The van der Waals surface area contributed by atoms with Gasteiger partial charge in [0.1, 0.15) is 5.88 Å². The third kappa shape index (κ3) is 3.26. The Morgan fingerprint density at radius 3 is 2.42 bits per heavy atom. The van der Waals surface area contributed by atoms with Gasteiger partial charge in [-0.2, -0.15) is 0 Å². The van der Waals surface area contributed by atoms with Crippen molar-refractivity contribution in [2.45, 2.75) is 0 Å². The molecule has 2 rings (SSSR count). The van der Waals surface area contributed by atoms with Crippen molar-refractivity contribution in [3.05, 3.63) is 54.6 Å². The average molecular weight is 275 g/mol. The van der Waals surface area contributed by atoms with Crippen LogP contribution in [-0.4, -0.2) is 18.8 Å². The van der Waals surface area contributed by atoms with E-state index >= 15 is 0 Å². The van der Waals surface area contributed by atoms with E-state index in [1.807, 2.05) is 66.5 Å². The number of benzene rings is 2. The second kappa shape index (κ2) is 6.25. The highest BCUT2D eigenvalue weighted by atomic mass is 35.5. The minimum Gasteiger partial charge on any atom is -0.343 e. The summed E-state index contributed by atoms with van der Waals surface area (Å²) in [6.45, 7) is 0. The van der Waals surface area contributed by atoms with Crippen LogP contribution < -0.4 is 10.2 Å². The van der Waals surface area contributed by atoms with Crippen LogP contribution in [0.1, 0.15) is 0 Å². The summed E-state index contributed by atoms with van der Waals surface area (Å²) in [6, 6.07) is 17.6. The first-order valence-electron chi connectivity index (χ1n) is 5.96. The molecule has 0 aromatic heterocycles. The number of hydrogen-bond acceptors (Lipinski definition) is 2. The number of carbonyl (C=O) groups excluding carboxylic acids is 1. The fourth-order valence-electron chi connectivity index (χ4n) is 1.85. The summed E-state index contributed by atoms with van der Waals surface area (Å²) >= 11 is 5.53. The van der Waals surface area contributed by atoms with E-state index in [-0.39, 0.29) is 11.8 Å². The molecular weight excluding hydrogens is 260 g/mol. The molecule has 0 saturated heterocycles. The fourth-order valence-corrected chi connectivity index (χ4v) is 1.91. The molecule has 0 aliphatic heterocycles. The number of carbonyl (C=O) groups is 1. The third-order valence-electron chi connectivity index (χ3n) is 2.80. The summed E-state index contributed by atoms with van der Waals surface area (Å²) in [7, 11) is 1.96. The minimum atomic E-state index is -0.212. The van der Waals surface area contributed by atoms with Gasteiger partial charge in [-0.15, -0.1) is 11.6 Å². The predicted molar refractivity (Wildman–Crippen MR) is 80.3 cm³/mol. The Hall–Kier alpha value is -2.00. The molecule has 0 radical (unpaired) electrons. The summed E-state index contributed by atoms with van der Waals surface area (Å²) in [5.41, 5.74) is 2.72. The minimum absolute atomic E-state index is 0.0522. The maximum atomic E-state index is 11.4. The summed E-state index contributed by atoms with van der Waals surface area (Å²) in [5, 5.41) is 2.80. The third-order valence-corrected chi connectivity index (χ3v) is 3.05. The van der Waals surface area contributed by atoms with Crippen molar-refractivity contribution in [2.24, 2.45) is 0 Å². The normalized spacial score (nSPS) is 10.0. The summed E-state index contributed by atoms with van der Waals surface area (Å²) in [5.74, 6) is -0.265. The Morgan fingerprint density at radius 2 is 1.74 bits per heavy atom. The van der Waals surface area contributed by atoms with Crippen molar-refractivity contribution in [2.75, 3.05) is 23.1 Å². The molecule has 1 amide bonds. The summed E-state index contributed by atoms with van der Waals surface area (Å²) in [6.07, 6.45) is 0. The average Bonchev–Trinajstić information content (AvgIpc) is 2.48. The lowest BCUT2D eigenvalue weighted by molar-refractivity contribution is -0.113. The van der Waals surface area contributed by atoms with Gasteiger partial charge >= 0.3 is 0 Å². The molecule has 0 heterocycles. The summed E-state index contributed by atoms with van der Waals surface area (Å²) in [4.78, 5) is 13.4. The Bertz CT molecular complexity index is 557. The van der Waals surface area contributed by atoms with Crippen LogP contribution in [0, 0.1) is 0 Å². The molecule has 0 fully saturated rings. The highest BCUT2D eigenvalue weighted by Crippen LogP contribution is 2.30. The van der Waals surface area contributed by atoms with E-state index in [0.717, 1.165) is 17.1 Å². The monoisotopic (exact) mass is 274 g/mol. The van der Waals surface area contributed by atoms with Crippen molar-refractivity contribution in [1.82, 2.24) is 0 Å². The molecule has 0 aliphatic carbocycles. The van der Waals surface area contributed by atoms with Gasteiger partial charge in [-0.05, 0) is 24.3 Å². The van der Waals surface area contributed by atoms with E-state index in [4.69, 9.17) is 11.6 Å². The van der Waals surface area contributed by atoms with Crippen molar-refractivity contribution < 1.29 is 4.79 Å². The van der Waals surface area contributed by atoms with Gasteiger partial charge < -0.3 is 10.2 Å². The lowest BCUT2D eigenvalue weighted by Crippen LogP contribution is -2.17. The van der Waals surface area contributed by atoms with Gasteiger partial charge in [0.25, 0.3) is 0 Å². The van der Waals surface area contributed by atoms with Crippen LogP contribution in [0.25, 0.3) is 0 Å². The zero-order valence-corrected chi connectivity index (χ0v) is 11.4. The largest absolute Gasteiger partial charge is 0.343 e. The van der Waals surface area contributed by atoms with Crippen LogP contribution in [-0.2, 0) is 4.79 Å². The zero-order chi connectivity index (χ0) is 13.7. The molecule has 98 valence electrons. The number of rotatable bonds is 4. The number of hydrogen-bond donors (Lipinski definition) is 1. The number of nitrogens with zero attached hydrogens (tertiary/aromatic N) is 1. The van der Waals surface area contributed by atoms with Crippen molar-refractivity contribution in [3.8, 4) is 0 Å². The number of halogens is 1. The Balaban J connectivity index is 2.31. The smallest absolute Gasteiger partial charge is 0.239 e. The molecule has 0 aliphatic rings. The maximum Gasteiger partial charge on any atom is 0.239 e. The Kier molecular flexibility index (Phi) is 4.42. The predicted octanol–water partition coefficient (Wildman–Crippen LogP) is 3.63. The second-order valence-corrected chi connectivity index (χ2v) is 4.36. The van der Waals surface area contributed by atoms with E-state index in [1.54, 1.807) is 0 Å². The second-order valence-electron chi connectivity index (χ2n) is 4.09. The number of amides is 1. The maximum absolute atomic E-state index is 11.4. The van der Waals surface area contributed by atoms with Crippen LogP contribution in [0.4, 0.5) is 17.1 Å². The molecule has 0 atom stereocenters. The molecule has 2 aromatic carbocycles. The Morgan fingerprint density at radius 1 is 1.11 bits per heavy atom. The van der Waals surface area contributed by atoms with Crippen molar-refractivity contribution in [3.63, 3.8) is 0 Å². The quantitative estimate of drug-likeness (QED) is 0.864. The van der Waals surface area contributed by atoms with Crippen LogP contribution in [0.15, 0.2) is 54.6 Å². The molecule has 0 bridgehead atoms. The molecule has 19 heavy (non-hydrogen) atoms. The van der Waals surface area contributed by atoms with Crippen LogP contribution in [0.5, 0.6) is 0 Å². The van der Waals surface area contributed by atoms with Gasteiger partial charge in [-0.25, -0.2) is 0 Å². The lowest BCUT2D eigenvalue weighted by atomic mass is 10.2. The lowest BCUT2D eigenvalue weighted by Gasteiger charge is -2.22. The molecule has 2 aromatic rings. The van der Waals surface area contributed by atoms with Crippen LogP contribution in [0.3, 0.4) is 0 Å². The van der Waals surface area contributed by atoms with Crippen molar-refractivity contribution >= 4 is 34.6 Å². The summed E-state index contributed by atoms with van der Waals surface area (Å²) < 4.78 is 0. The van der Waals surface area contributed by atoms with Gasteiger partial charge in [0, 0.05) is 12.7 Å². The molecule has 4 heteroatoms. The first-order valence-corrected chi connectivity index (χ1v) is 6.49. The van der Waals surface area contributed by atoms with E-state index < -0.39 is 0 Å². The SMILES string of the molecule is CN(c1ccccc1)c1ccccc1NC(=O)CCl. The van der Waals surface area contributed by atoms with E-state index in [2.05, 4.69) is 5.32 Å². The molecule has 0 spiro atoms. The number of anilines is 3. The zero-order valence-electron chi connectivity index (χ0n) is 10.6. The van der Waals surface area contributed by atoms with E-state index in [1.165, 1.54) is 0 Å². The number of alkyl halides is 1. The molecule has 3 nitrogen and oxygen atoms in total.